The van der Waals surface area contributed by atoms with Gasteiger partial charge in [-0.1, -0.05) is 23.7 Å². The number of rotatable bonds is 1. The number of benzene rings is 4. The summed E-state index contributed by atoms with van der Waals surface area (Å²) in [5.74, 6) is -0.0246. The van der Waals surface area contributed by atoms with Gasteiger partial charge in [-0.2, -0.15) is 0 Å². The molecule has 4 aromatic carbocycles. The zero-order valence-electron chi connectivity index (χ0n) is 12.9. The third-order valence-electron chi connectivity index (χ3n) is 4.28. The van der Waals surface area contributed by atoms with Crippen LogP contribution in [-0.2, 0) is 0 Å². The fourth-order valence-corrected chi connectivity index (χ4v) is 3.24. The molecule has 0 aliphatic carbocycles. The summed E-state index contributed by atoms with van der Waals surface area (Å²) in [5, 5.41) is 43.0. The molecule has 4 aromatic rings. The second-order valence-electron chi connectivity index (χ2n) is 5.89. The van der Waals surface area contributed by atoms with Crippen LogP contribution in [0, 0.1) is 0 Å². The second-order valence-corrected chi connectivity index (χ2v) is 6.27. The zero-order chi connectivity index (χ0) is 17.7. The number of phenolic OH excluding ortho intramolecular Hbond substituents is 4. The summed E-state index contributed by atoms with van der Waals surface area (Å²) in [5.41, 5.74) is 0.906. The lowest BCUT2D eigenvalue weighted by atomic mass is 9.96. The summed E-state index contributed by atoms with van der Waals surface area (Å²) in [4.78, 5) is 0. The van der Waals surface area contributed by atoms with E-state index in [0.717, 1.165) is 10.8 Å². The van der Waals surface area contributed by atoms with E-state index in [9.17, 15) is 20.4 Å². The van der Waals surface area contributed by atoms with Gasteiger partial charge in [-0.05, 0) is 58.6 Å². The Labute approximate surface area is 147 Å². The van der Waals surface area contributed by atoms with E-state index in [1.807, 2.05) is 0 Å². The number of halogens is 1. The lowest BCUT2D eigenvalue weighted by molar-refractivity contribution is 0.469. The van der Waals surface area contributed by atoms with E-state index >= 15 is 0 Å². The molecule has 0 unspecified atom stereocenters. The van der Waals surface area contributed by atoms with E-state index in [2.05, 4.69) is 0 Å². The van der Waals surface area contributed by atoms with Crippen molar-refractivity contribution in [3.8, 4) is 34.1 Å². The fraction of sp³-hybridized carbons (Fsp3) is 0. The summed E-state index contributed by atoms with van der Waals surface area (Å²) < 4.78 is 0. The molecule has 0 aliphatic rings. The van der Waals surface area contributed by atoms with Gasteiger partial charge in [-0.3, -0.25) is 0 Å². The van der Waals surface area contributed by atoms with Crippen molar-refractivity contribution in [3.05, 3.63) is 59.6 Å². The van der Waals surface area contributed by atoms with Crippen molar-refractivity contribution >= 4 is 33.1 Å². The molecular weight excluding hydrogens is 340 g/mol. The van der Waals surface area contributed by atoms with Crippen molar-refractivity contribution in [1.82, 2.24) is 0 Å². The summed E-state index contributed by atoms with van der Waals surface area (Å²) in [6.07, 6.45) is 0. The van der Waals surface area contributed by atoms with Crippen LogP contribution in [0.4, 0.5) is 0 Å². The van der Waals surface area contributed by atoms with Crippen LogP contribution >= 0.6 is 11.6 Å². The predicted molar refractivity (Wildman–Crippen MR) is 98.6 cm³/mol. The SMILES string of the molecule is Oc1ccc2cc(-c3cc4ccc(O)c(Cl)c4cc3O)c(O)cc2c1. The molecule has 0 amide bonds. The third-order valence-corrected chi connectivity index (χ3v) is 4.68. The first-order chi connectivity index (χ1) is 11.9. The van der Waals surface area contributed by atoms with Crippen LogP contribution < -0.4 is 0 Å². The first-order valence-electron chi connectivity index (χ1n) is 7.54. The lowest BCUT2D eigenvalue weighted by Crippen LogP contribution is -1.85. The molecule has 0 saturated carbocycles. The third kappa shape index (κ3) is 2.47. The van der Waals surface area contributed by atoms with Gasteiger partial charge >= 0.3 is 0 Å². The molecular formula is C20H13ClO4. The lowest BCUT2D eigenvalue weighted by Gasteiger charge is -2.12. The summed E-state index contributed by atoms with van der Waals surface area (Å²) in [6, 6.07) is 14.5. The Morgan fingerprint density at radius 2 is 1.20 bits per heavy atom. The van der Waals surface area contributed by atoms with Gasteiger partial charge in [-0.25, -0.2) is 0 Å². The standard InChI is InChI=1S/C20H13ClO4/c21-20-14-9-19(25)16(7-11(14)2-4-17(20)23)15-6-10-1-3-13(22)5-12(10)8-18(15)24/h1-9,22-25H. The largest absolute Gasteiger partial charge is 0.508 e. The Bertz CT molecular complexity index is 1150. The van der Waals surface area contributed by atoms with Gasteiger partial charge < -0.3 is 20.4 Å². The topological polar surface area (TPSA) is 80.9 Å². The number of aromatic hydroxyl groups is 4. The van der Waals surface area contributed by atoms with Crippen LogP contribution in [0.25, 0.3) is 32.7 Å². The van der Waals surface area contributed by atoms with Crippen molar-refractivity contribution in [2.75, 3.05) is 0 Å². The molecule has 0 saturated heterocycles. The Morgan fingerprint density at radius 1 is 0.560 bits per heavy atom. The van der Waals surface area contributed by atoms with Crippen LogP contribution in [0.3, 0.4) is 0 Å². The molecule has 0 radical (unpaired) electrons. The number of fused-ring (bicyclic) bond motifs is 2. The van der Waals surface area contributed by atoms with Gasteiger partial charge in [0.2, 0.25) is 0 Å². The van der Waals surface area contributed by atoms with Gasteiger partial charge in [0.05, 0.1) is 5.02 Å². The maximum atomic E-state index is 10.4. The smallest absolute Gasteiger partial charge is 0.134 e. The predicted octanol–water partition coefficient (Wildman–Crippen LogP) is 5.14. The molecule has 4 N–H and O–H groups in total. The van der Waals surface area contributed by atoms with Crippen LogP contribution in [0.15, 0.2) is 54.6 Å². The highest BCUT2D eigenvalue weighted by Crippen LogP contribution is 2.42. The van der Waals surface area contributed by atoms with Crippen molar-refractivity contribution in [2.24, 2.45) is 0 Å². The minimum atomic E-state index is -0.0616. The average Bonchev–Trinajstić information content (AvgIpc) is 2.58. The molecule has 4 rings (SSSR count). The first-order valence-corrected chi connectivity index (χ1v) is 7.92. The average molecular weight is 353 g/mol. The summed E-state index contributed by atoms with van der Waals surface area (Å²) in [6.45, 7) is 0. The maximum absolute atomic E-state index is 10.4. The Balaban J connectivity index is 1.99. The Hall–Kier alpha value is -3.11. The monoisotopic (exact) mass is 352 g/mol. The highest BCUT2D eigenvalue weighted by molar-refractivity contribution is 6.37. The maximum Gasteiger partial charge on any atom is 0.134 e. The van der Waals surface area contributed by atoms with E-state index in [4.69, 9.17) is 11.6 Å². The molecule has 0 spiro atoms. The van der Waals surface area contributed by atoms with Crippen molar-refractivity contribution < 1.29 is 20.4 Å². The molecule has 0 fully saturated rings. The van der Waals surface area contributed by atoms with Gasteiger partial charge in [0, 0.05) is 16.5 Å². The highest BCUT2D eigenvalue weighted by Gasteiger charge is 2.14. The molecule has 0 aromatic heterocycles. The number of phenols is 4. The molecule has 0 atom stereocenters. The normalized spacial score (nSPS) is 11.2. The number of hydrogen-bond acceptors (Lipinski definition) is 4. The Morgan fingerprint density at radius 3 is 1.96 bits per heavy atom. The van der Waals surface area contributed by atoms with Gasteiger partial charge in [0.15, 0.2) is 0 Å². The van der Waals surface area contributed by atoms with Crippen LogP contribution in [0.1, 0.15) is 0 Å². The van der Waals surface area contributed by atoms with E-state index in [0.29, 0.717) is 21.9 Å². The first kappa shape index (κ1) is 15.4. The highest BCUT2D eigenvalue weighted by atomic mass is 35.5. The minimum absolute atomic E-state index is 0.0161. The van der Waals surface area contributed by atoms with E-state index in [1.165, 1.54) is 18.2 Å². The second kappa shape index (κ2) is 5.46. The quantitative estimate of drug-likeness (QED) is 0.382. The van der Waals surface area contributed by atoms with Crippen molar-refractivity contribution in [3.63, 3.8) is 0 Å². The van der Waals surface area contributed by atoms with Crippen LogP contribution in [0.2, 0.25) is 5.02 Å². The van der Waals surface area contributed by atoms with Crippen LogP contribution in [0.5, 0.6) is 23.0 Å². The molecule has 0 aliphatic heterocycles. The van der Waals surface area contributed by atoms with E-state index in [-0.39, 0.29) is 28.0 Å². The molecule has 0 bridgehead atoms. The molecule has 4 nitrogen and oxygen atoms in total. The molecule has 0 heterocycles. The van der Waals surface area contributed by atoms with E-state index < -0.39 is 0 Å². The van der Waals surface area contributed by atoms with Crippen molar-refractivity contribution in [1.29, 1.82) is 0 Å². The fourth-order valence-electron chi connectivity index (χ4n) is 3.02. The summed E-state index contributed by atoms with van der Waals surface area (Å²) in [7, 11) is 0. The van der Waals surface area contributed by atoms with Crippen molar-refractivity contribution in [2.45, 2.75) is 0 Å². The zero-order valence-corrected chi connectivity index (χ0v) is 13.6. The van der Waals surface area contributed by atoms with Gasteiger partial charge in [-0.15, -0.1) is 0 Å². The number of hydrogen-bond donors (Lipinski definition) is 4. The van der Waals surface area contributed by atoms with E-state index in [1.54, 1.807) is 36.4 Å². The van der Waals surface area contributed by atoms with Gasteiger partial charge in [0.25, 0.3) is 0 Å². The Kier molecular flexibility index (Phi) is 3.37. The minimum Gasteiger partial charge on any atom is -0.508 e. The van der Waals surface area contributed by atoms with Gasteiger partial charge in [0.1, 0.15) is 23.0 Å². The molecule has 124 valence electrons. The molecule has 5 heteroatoms. The summed E-state index contributed by atoms with van der Waals surface area (Å²) >= 11 is 6.09. The van der Waals surface area contributed by atoms with Crippen LogP contribution in [-0.4, -0.2) is 20.4 Å². The molecule has 25 heavy (non-hydrogen) atoms.